The molecule has 1 fully saturated rings. The molecule has 0 atom stereocenters. The van der Waals surface area contributed by atoms with Gasteiger partial charge in [0.15, 0.2) is 0 Å². The zero-order valence-corrected chi connectivity index (χ0v) is 9.85. The molecule has 17 heavy (non-hydrogen) atoms. The third-order valence-corrected chi connectivity index (χ3v) is 3.02. The molecule has 1 aliphatic carbocycles. The van der Waals surface area contributed by atoms with E-state index >= 15 is 0 Å². The molecule has 1 aromatic carbocycles. The van der Waals surface area contributed by atoms with Gasteiger partial charge in [0, 0.05) is 17.5 Å². The molecular weight excluding hydrogens is 210 g/mol. The number of hydrogen-bond donors (Lipinski definition) is 1. The van der Waals surface area contributed by atoms with E-state index < -0.39 is 0 Å². The molecule has 1 heterocycles. The molecule has 3 rings (SSSR count). The van der Waals surface area contributed by atoms with Crippen molar-refractivity contribution in [2.45, 2.75) is 25.7 Å². The first-order valence-electron chi connectivity index (χ1n) is 5.94. The van der Waals surface area contributed by atoms with E-state index in [2.05, 4.69) is 35.1 Å². The Morgan fingerprint density at radius 1 is 1.18 bits per heavy atom. The number of aromatic nitrogens is 2. The summed E-state index contributed by atoms with van der Waals surface area (Å²) < 4.78 is 0. The smallest absolute Gasteiger partial charge is 0.134 e. The summed E-state index contributed by atoms with van der Waals surface area (Å²) in [4.78, 5) is 8.93. The van der Waals surface area contributed by atoms with Crippen LogP contribution in [0.15, 0.2) is 30.3 Å². The summed E-state index contributed by atoms with van der Waals surface area (Å²) in [6.07, 6.45) is 2.38. The molecule has 3 heteroatoms. The van der Waals surface area contributed by atoms with Gasteiger partial charge in [0.05, 0.1) is 5.69 Å². The lowest BCUT2D eigenvalue weighted by Crippen LogP contribution is -2.00. The van der Waals surface area contributed by atoms with Crippen molar-refractivity contribution < 1.29 is 0 Å². The zero-order valence-electron chi connectivity index (χ0n) is 9.85. The predicted octanol–water partition coefficient (Wildman–Crippen LogP) is 2.91. The van der Waals surface area contributed by atoms with Crippen LogP contribution in [0.3, 0.4) is 0 Å². The molecule has 1 aliphatic rings. The van der Waals surface area contributed by atoms with Gasteiger partial charge in [0.1, 0.15) is 11.6 Å². The van der Waals surface area contributed by atoms with E-state index in [4.69, 9.17) is 5.73 Å². The summed E-state index contributed by atoms with van der Waals surface area (Å²) in [5.41, 5.74) is 9.12. The fourth-order valence-corrected chi connectivity index (χ4v) is 1.96. The molecule has 3 nitrogen and oxygen atoms in total. The number of aryl methyl sites for hydroxylation is 1. The number of nitrogens with two attached hydrogens (primary N) is 1. The minimum Gasteiger partial charge on any atom is -0.384 e. The van der Waals surface area contributed by atoms with Crippen molar-refractivity contribution in [2.75, 3.05) is 5.73 Å². The SMILES string of the molecule is Cc1cccc(-c2cc(N)nc(C3CC3)n2)c1. The summed E-state index contributed by atoms with van der Waals surface area (Å²) in [6.45, 7) is 2.08. The Bertz CT molecular complexity index is 559. The number of anilines is 1. The third-order valence-electron chi connectivity index (χ3n) is 3.02. The van der Waals surface area contributed by atoms with E-state index in [1.54, 1.807) is 0 Å². The average molecular weight is 225 g/mol. The van der Waals surface area contributed by atoms with E-state index in [0.717, 1.165) is 17.1 Å². The Kier molecular flexibility index (Phi) is 2.32. The van der Waals surface area contributed by atoms with Crippen LogP contribution < -0.4 is 5.73 Å². The molecule has 86 valence electrons. The van der Waals surface area contributed by atoms with Crippen LogP contribution in [0.2, 0.25) is 0 Å². The molecule has 2 N–H and O–H groups in total. The van der Waals surface area contributed by atoms with Crippen molar-refractivity contribution in [2.24, 2.45) is 0 Å². The maximum atomic E-state index is 5.85. The monoisotopic (exact) mass is 225 g/mol. The average Bonchev–Trinajstić information content (AvgIpc) is 3.12. The summed E-state index contributed by atoms with van der Waals surface area (Å²) in [5.74, 6) is 2.00. The second kappa shape index (κ2) is 3.84. The van der Waals surface area contributed by atoms with Crippen LogP contribution in [-0.2, 0) is 0 Å². The highest BCUT2D eigenvalue weighted by Gasteiger charge is 2.27. The maximum absolute atomic E-state index is 5.85. The molecule has 0 bridgehead atoms. The second-order valence-corrected chi connectivity index (χ2v) is 4.68. The quantitative estimate of drug-likeness (QED) is 0.855. The van der Waals surface area contributed by atoms with Gasteiger partial charge >= 0.3 is 0 Å². The summed E-state index contributed by atoms with van der Waals surface area (Å²) in [5, 5.41) is 0. The molecule has 0 radical (unpaired) electrons. The number of hydrogen-bond acceptors (Lipinski definition) is 3. The first-order valence-corrected chi connectivity index (χ1v) is 5.94. The van der Waals surface area contributed by atoms with Crippen LogP contribution in [0.25, 0.3) is 11.3 Å². The molecule has 1 aromatic heterocycles. The van der Waals surface area contributed by atoms with E-state index in [0.29, 0.717) is 11.7 Å². The van der Waals surface area contributed by atoms with Crippen molar-refractivity contribution in [1.82, 2.24) is 9.97 Å². The zero-order chi connectivity index (χ0) is 11.8. The highest BCUT2D eigenvalue weighted by molar-refractivity contribution is 5.62. The minimum atomic E-state index is 0.530. The van der Waals surface area contributed by atoms with Gasteiger partial charge in [0.25, 0.3) is 0 Å². The Hall–Kier alpha value is -1.90. The first kappa shape index (κ1) is 10.3. The third kappa shape index (κ3) is 2.13. The topological polar surface area (TPSA) is 51.8 Å². The van der Waals surface area contributed by atoms with Crippen molar-refractivity contribution in [3.05, 3.63) is 41.7 Å². The predicted molar refractivity (Wildman–Crippen MR) is 68.6 cm³/mol. The molecular formula is C14H15N3. The lowest BCUT2D eigenvalue weighted by molar-refractivity contribution is 0.936. The van der Waals surface area contributed by atoms with Gasteiger partial charge in [-0.1, -0.05) is 23.8 Å². The highest BCUT2D eigenvalue weighted by Crippen LogP contribution is 2.39. The largest absolute Gasteiger partial charge is 0.384 e. The first-order chi connectivity index (χ1) is 8.22. The maximum Gasteiger partial charge on any atom is 0.134 e. The van der Waals surface area contributed by atoms with Crippen LogP contribution >= 0.6 is 0 Å². The number of nitrogen functional groups attached to an aromatic ring is 1. The molecule has 0 aliphatic heterocycles. The number of rotatable bonds is 2. The van der Waals surface area contributed by atoms with Crippen LogP contribution in [0.1, 0.15) is 30.1 Å². The molecule has 0 saturated heterocycles. The Balaban J connectivity index is 2.07. The lowest BCUT2D eigenvalue weighted by Gasteiger charge is -2.06. The van der Waals surface area contributed by atoms with Crippen LogP contribution in [0, 0.1) is 6.92 Å². The van der Waals surface area contributed by atoms with Gasteiger partial charge in [-0.3, -0.25) is 0 Å². The Morgan fingerprint density at radius 2 is 2.00 bits per heavy atom. The van der Waals surface area contributed by atoms with Gasteiger partial charge in [-0.25, -0.2) is 9.97 Å². The summed E-state index contributed by atoms with van der Waals surface area (Å²) >= 11 is 0. The molecule has 0 unspecified atom stereocenters. The van der Waals surface area contributed by atoms with Gasteiger partial charge < -0.3 is 5.73 Å². The minimum absolute atomic E-state index is 0.530. The number of nitrogens with zero attached hydrogens (tertiary/aromatic N) is 2. The van der Waals surface area contributed by atoms with Gasteiger partial charge in [-0.2, -0.15) is 0 Å². The molecule has 0 spiro atoms. The van der Waals surface area contributed by atoms with Crippen LogP contribution in [0.5, 0.6) is 0 Å². The van der Waals surface area contributed by atoms with Crippen molar-refractivity contribution in [3.8, 4) is 11.3 Å². The molecule has 0 amide bonds. The van der Waals surface area contributed by atoms with E-state index in [1.165, 1.54) is 18.4 Å². The highest BCUT2D eigenvalue weighted by atomic mass is 15.0. The van der Waals surface area contributed by atoms with Crippen LogP contribution in [0.4, 0.5) is 5.82 Å². The van der Waals surface area contributed by atoms with Gasteiger partial charge in [0.2, 0.25) is 0 Å². The van der Waals surface area contributed by atoms with Gasteiger partial charge in [-0.15, -0.1) is 0 Å². The Labute approximate surface area is 101 Å². The van der Waals surface area contributed by atoms with Crippen LogP contribution in [-0.4, -0.2) is 9.97 Å². The van der Waals surface area contributed by atoms with Crippen molar-refractivity contribution in [1.29, 1.82) is 0 Å². The molecule has 2 aromatic rings. The fourth-order valence-electron chi connectivity index (χ4n) is 1.96. The lowest BCUT2D eigenvalue weighted by atomic mass is 10.1. The van der Waals surface area contributed by atoms with Crippen molar-refractivity contribution >= 4 is 5.82 Å². The Morgan fingerprint density at radius 3 is 2.71 bits per heavy atom. The van der Waals surface area contributed by atoms with E-state index in [-0.39, 0.29) is 0 Å². The van der Waals surface area contributed by atoms with Crippen molar-refractivity contribution in [3.63, 3.8) is 0 Å². The van der Waals surface area contributed by atoms with Gasteiger partial charge in [-0.05, 0) is 25.8 Å². The normalized spacial score (nSPS) is 14.9. The summed E-state index contributed by atoms with van der Waals surface area (Å²) in [6, 6.07) is 10.2. The molecule has 1 saturated carbocycles. The second-order valence-electron chi connectivity index (χ2n) is 4.68. The van der Waals surface area contributed by atoms with E-state index in [9.17, 15) is 0 Å². The number of benzene rings is 1. The summed E-state index contributed by atoms with van der Waals surface area (Å²) in [7, 11) is 0. The van der Waals surface area contributed by atoms with E-state index in [1.807, 2.05) is 12.1 Å². The fraction of sp³-hybridized carbons (Fsp3) is 0.286. The standard InChI is InChI=1S/C14H15N3/c1-9-3-2-4-11(7-9)12-8-13(15)17-14(16-12)10-5-6-10/h2-4,7-8,10H,5-6H2,1H3,(H2,15,16,17).